The summed E-state index contributed by atoms with van der Waals surface area (Å²) in [7, 11) is 0. The van der Waals surface area contributed by atoms with Crippen LogP contribution in [0.15, 0.2) is 39.9 Å². The summed E-state index contributed by atoms with van der Waals surface area (Å²) in [5, 5.41) is 5.35. The number of carbonyl (C=O) groups excluding carboxylic acids is 2. The minimum Gasteiger partial charge on any atom is -0.319 e. The molecule has 0 unspecified atom stereocenters. The summed E-state index contributed by atoms with van der Waals surface area (Å²) in [6, 6.07) is 8.66. The van der Waals surface area contributed by atoms with E-state index in [1.807, 2.05) is 6.92 Å². The van der Waals surface area contributed by atoms with Gasteiger partial charge in [0.25, 0.3) is 0 Å². The quantitative estimate of drug-likeness (QED) is 0.266. The fraction of sp³-hybridized carbons (Fsp3) is 0.235. The van der Waals surface area contributed by atoms with Crippen molar-refractivity contribution in [1.29, 1.82) is 0 Å². The van der Waals surface area contributed by atoms with Crippen molar-refractivity contribution in [3.63, 3.8) is 0 Å². The van der Waals surface area contributed by atoms with Gasteiger partial charge >= 0.3 is 0 Å². The number of rotatable bonds is 7. The number of ketones is 1. The van der Waals surface area contributed by atoms with E-state index in [0.29, 0.717) is 27.4 Å². The largest absolute Gasteiger partial charge is 0.319 e. The van der Waals surface area contributed by atoms with Gasteiger partial charge in [0.05, 0.1) is 22.0 Å². The summed E-state index contributed by atoms with van der Waals surface area (Å²) in [6.07, 6.45) is 0. The second-order valence-electron chi connectivity index (χ2n) is 4.52. The molecule has 23 heavy (non-hydrogen) atoms. The van der Waals surface area contributed by atoms with Crippen molar-refractivity contribution in [2.45, 2.75) is 20.8 Å². The van der Waals surface area contributed by atoms with E-state index in [1.165, 1.54) is 18.7 Å². The smallest absolute Gasteiger partial charge is 0.221 e. The van der Waals surface area contributed by atoms with Crippen molar-refractivity contribution in [2.24, 2.45) is 4.99 Å². The minimum atomic E-state index is -0.270. The Morgan fingerprint density at radius 2 is 2.09 bits per heavy atom. The number of allylic oxidation sites excluding steroid dienone is 2. The van der Waals surface area contributed by atoms with E-state index in [-0.39, 0.29) is 11.7 Å². The highest BCUT2D eigenvalue weighted by Crippen LogP contribution is 2.27. The zero-order valence-electron chi connectivity index (χ0n) is 13.1. The van der Waals surface area contributed by atoms with Gasteiger partial charge in [-0.1, -0.05) is 19.6 Å². The zero-order valence-corrected chi connectivity index (χ0v) is 14.8. The Balaban J connectivity index is 3.25. The Morgan fingerprint density at radius 1 is 1.39 bits per heavy atom. The lowest BCUT2D eigenvalue weighted by molar-refractivity contribution is -0.114. The van der Waals surface area contributed by atoms with Crippen LogP contribution in [0.5, 0.6) is 0 Å². The van der Waals surface area contributed by atoms with Crippen LogP contribution >= 0.6 is 24.0 Å². The van der Waals surface area contributed by atoms with Gasteiger partial charge in [-0.3, -0.25) is 9.59 Å². The fourth-order valence-corrected chi connectivity index (χ4v) is 2.67. The molecule has 1 amide bonds. The molecule has 1 aromatic rings. The highest BCUT2D eigenvalue weighted by Gasteiger charge is 2.18. The fourth-order valence-electron chi connectivity index (χ4n) is 1.73. The van der Waals surface area contributed by atoms with Gasteiger partial charge in [0, 0.05) is 6.92 Å². The van der Waals surface area contributed by atoms with Gasteiger partial charge in [0.1, 0.15) is 5.03 Å². The predicted octanol–water partition coefficient (Wildman–Crippen LogP) is 4.07. The van der Waals surface area contributed by atoms with Gasteiger partial charge in [-0.2, -0.15) is 4.99 Å². The molecular weight excluding hydrogens is 328 g/mol. The number of isothiocyanates is 1. The molecule has 0 aromatic heterocycles. The van der Waals surface area contributed by atoms with Crippen LogP contribution in [0.3, 0.4) is 0 Å². The molecule has 6 heteroatoms. The number of hydrogen-bond donors (Lipinski definition) is 1. The molecule has 0 aliphatic heterocycles. The molecule has 0 aliphatic rings. The molecule has 0 fully saturated rings. The summed E-state index contributed by atoms with van der Waals surface area (Å²) in [5.74, 6) is 0.248. The first-order chi connectivity index (χ1) is 10.9. The van der Waals surface area contributed by atoms with Crippen LogP contribution in [0.4, 0.5) is 5.69 Å². The lowest BCUT2D eigenvalue weighted by Gasteiger charge is -2.09. The third-order valence-electron chi connectivity index (χ3n) is 2.60. The van der Waals surface area contributed by atoms with Crippen LogP contribution in [-0.2, 0) is 4.79 Å². The number of nitrogens with one attached hydrogen (secondary N) is 1. The summed E-state index contributed by atoms with van der Waals surface area (Å²) in [6.45, 7) is 8.93. The Kier molecular flexibility index (Phi) is 7.43. The molecule has 0 saturated heterocycles. The molecule has 0 spiro atoms. The second-order valence-corrected chi connectivity index (χ2v) is 5.95. The average Bonchev–Trinajstić information content (AvgIpc) is 2.47. The molecule has 0 radical (unpaired) electrons. The molecule has 1 aromatic carbocycles. The zero-order chi connectivity index (χ0) is 17.4. The van der Waals surface area contributed by atoms with Crippen LogP contribution in [0, 0.1) is 12.1 Å². The SMILES string of the molecule is C=C(C)/C(C(=O)c1c#cc(NC(C)=O)cc1)=C(/N=C=S)SCC. The molecule has 1 rings (SSSR count). The van der Waals surface area contributed by atoms with Crippen LogP contribution in [0.1, 0.15) is 31.1 Å². The van der Waals surface area contributed by atoms with Crippen LogP contribution in [-0.4, -0.2) is 22.6 Å². The molecule has 0 bridgehead atoms. The number of nitrogens with zero attached hydrogens (tertiary/aromatic N) is 1. The Bertz CT molecular complexity index is 700. The molecule has 0 atom stereocenters. The third kappa shape index (κ3) is 5.50. The number of hydrogen-bond acceptors (Lipinski definition) is 5. The second kappa shape index (κ2) is 9.06. The average molecular weight is 344 g/mol. The lowest BCUT2D eigenvalue weighted by atomic mass is 10.0. The van der Waals surface area contributed by atoms with Crippen LogP contribution in [0.2, 0.25) is 0 Å². The lowest BCUT2D eigenvalue weighted by Crippen LogP contribution is -2.08. The Hall–Kier alpha value is -2.19. The van der Waals surface area contributed by atoms with Crippen molar-refractivity contribution in [3.05, 3.63) is 52.6 Å². The number of anilines is 1. The maximum Gasteiger partial charge on any atom is 0.221 e. The topological polar surface area (TPSA) is 58.5 Å². The van der Waals surface area contributed by atoms with Crippen molar-refractivity contribution in [1.82, 2.24) is 0 Å². The van der Waals surface area contributed by atoms with E-state index in [2.05, 4.69) is 46.4 Å². The van der Waals surface area contributed by atoms with Gasteiger partial charge < -0.3 is 5.32 Å². The number of thioether (sulfide) groups is 1. The number of aliphatic imine (C=N–C) groups is 1. The predicted molar refractivity (Wildman–Crippen MR) is 97.7 cm³/mol. The van der Waals surface area contributed by atoms with Crippen molar-refractivity contribution < 1.29 is 9.59 Å². The molecule has 0 aliphatic carbocycles. The van der Waals surface area contributed by atoms with Gasteiger partial charge in [0.2, 0.25) is 11.7 Å². The van der Waals surface area contributed by atoms with Crippen LogP contribution < -0.4 is 5.32 Å². The normalized spacial score (nSPS) is 10.7. The first-order valence-corrected chi connectivity index (χ1v) is 8.17. The van der Waals surface area contributed by atoms with E-state index in [9.17, 15) is 9.59 Å². The number of carbonyl (C=O) groups is 2. The summed E-state index contributed by atoms with van der Waals surface area (Å²) in [5.41, 5.74) is 1.73. The molecule has 4 nitrogen and oxygen atoms in total. The number of amides is 1. The van der Waals surface area contributed by atoms with Gasteiger partial charge in [-0.05, 0) is 48.7 Å². The third-order valence-corrected chi connectivity index (χ3v) is 3.55. The van der Waals surface area contributed by atoms with Gasteiger partial charge in [-0.25, -0.2) is 0 Å². The van der Waals surface area contributed by atoms with Gasteiger partial charge in [-0.15, -0.1) is 11.8 Å². The monoisotopic (exact) mass is 344 g/mol. The summed E-state index contributed by atoms with van der Waals surface area (Å²) >= 11 is 6.04. The Morgan fingerprint density at radius 3 is 2.52 bits per heavy atom. The van der Waals surface area contributed by atoms with Gasteiger partial charge in [0.15, 0.2) is 0 Å². The van der Waals surface area contributed by atoms with E-state index in [4.69, 9.17) is 0 Å². The van der Waals surface area contributed by atoms with E-state index < -0.39 is 0 Å². The van der Waals surface area contributed by atoms with Crippen molar-refractivity contribution in [3.8, 4) is 0 Å². The highest BCUT2D eigenvalue weighted by atomic mass is 32.2. The first kappa shape index (κ1) is 18.9. The Labute approximate surface area is 145 Å². The number of Topliss-reactive ketones (excluding diaryl/α,β-unsaturated/α-hetero) is 1. The van der Waals surface area contributed by atoms with Crippen LogP contribution in [0.25, 0.3) is 0 Å². The maximum atomic E-state index is 12.7. The molecule has 0 saturated carbocycles. The first-order valence-electron chi connectivity index (χ1n) is 6.77. The van der Waals surface area contributed by atoms with Crippen molar-refractivity contribution in [2.75, 3.05) is 11.1 Å². The standard InChI is InChI=1S/C17H16N2O2S2/c1-5-23-17(18-10-22)15(11(2)3)16(21)13-6-8-14(9-7-13)19-12(4)20/h6,8H,2,5H2,1,3-4H3,(H,19,20)/b17-15+. The minimum absolute atomic E-state index is 0.215. The highest BCUT2D eigenvalue weighted by molar-refractivity contribution is 8.03. The van der Waals surface area contributed by atoms with E-state index >= 15 is 0 Å². The molecule has 0 heterocycles. The summed E-state index contributed by atoms with van der Waals surface area (Å²) in [4.78, 5) is 27.7. The van der Waals surface area contributed by atoms with Crippen molar-refractivity contribution >= 4 is 46.5 Å². The van der Waals surface area contributed by atoms with E-state index in [1.54, 1.807) is 19.1 Å². The molecular formula is C17H16N2O2S2. The number of thiocarbonyl (C=S) groups is 1. The summed E-state index contributed by atoms with van der Waals surface area (Å²) < 4.78 is 0. The molecule has 118 valence electrons. The maximum absolute atomic E-state index is 12.7. The van der Waals surface area contributed by atoms with E-state index in [0.717, 1.165) is 5.75 Å². The molecule has 1 N–H and O–H groups in total.